The van der Waals surface area contributed by atoms with E-state index in [0.29, 0.717) is 11.6 Å². The number of anilines is 2. The standard InChI is InChI=1S/C21H19FN4OS2/c22-14-8-19-17(24-11-28-19)9-16(14)26-15-2-4-23-20-12(15)7-18(29-20)13-1-5-25-21(13)3-6-27-10-21/h2,4,7-9,11,13,25H,1,3,5-6,10H2,(H,23,26)/t13-,21+/m0/s1. The molecule has 0 amide bonds. The van der Waals surface area contributed by atoms with Crippen molar-refractivity contribution in [2.45, 2.75) is 24.3 Å². The topological polar surface area (TPSA) is 59.1 Å². The van der Waals surface area contributed by atoms with Crippen LogP contribution in [0.15, 0.2) is 36.0 Å². The quantitative estimate of drug-likeness (QED) is 0.481. The smallest absolute Gasteiger partial charge is 0.148 e. The van der Waals surface area contributed by atoms with Crippen LogP contribution in [0.3, 0.4) is 0 Å². The van der Waals surface area contributed by atoms with Gasteiger partial charge in [-0.15, -0.1) is 22.7 Å². The first-order chi connectivity index (χ1) is 14.2. The van der Waals surface area contributed by atoms with E-state index in [1.54, 1.807) is 35.2 Å². The lowest BCUT2D eigenvalue weighted by Crippen LogP contribution is -2.44. The summed E-state index contributed by atoms with van der Waals surface area (Å²) in [5.74, 6) is 0.157. The Morgan fingerprint density at radius 3 is 3.10 bits per heavy atom. The molecule has 5 nitrogen and oxygen atoms in total. The van der Waals surface area contributed by atoms with Crippen molar-refractivity contribution in [2.75, 3.05) is 25.1 Å². The second kappa shape index (κ2) is 6.70. The molecule has 0 saturated carbocycles. The number of hydrogen-bond acceptors (Lipinski definition) is 7. The first kappa shape index (κ1) is 17.7. The van der Waals surface area contributed by atoms with E-state index >= 15 is 0 Å². The highest BCUT2D eigenvalue weighted by atomic mass is 32.1. The minimum Gasteiger partial charge on any atom is -0.379 e. The fourth-order valence-corrected chi connectivity index (χ4v) is 6.59. The molecule has 0 aliphatic carbocycles. The fraction of sp³-hybridized carbons (Fsp3) is 0.333. The van der Waals surface area contributed by atoms with E-state index in [4.69, 9.17) is 4.74 Å². The van der Waals surface area contributed by atoms with Crippen molar-refractivity contribution in [3.8, 4) is 0 Å². The van der Waals surface area contributed by atoms with Crippen LogP contribution < -0.4 is 10.6 Å². The third kappa shape index (κ3) is 2.85. The second-order valence-corrected chi connectivity index (χ2v) is 9.68. The maximum absolute atomic E-state index is 14.6. The van der Waals surface area contributed by atoms with Gasteiger partial charge in [0.25, 0.3) is 0 Å². The molecule has 2 aliphatic heterocycles. The zero-order valence-electron chi connectivity index (χ0n) is 15.6. The Kier molecular flexibility index (Phi) is 4.09. The second-order valence-electron chi connectivity index (χ2n) is 7.73. The van der Waals surface area contributed by atoms with Crippen molar-refractivity contribution in [1.82, 2.24) is 15.3 Å². The molecule has 29 heavy (non-hydrogen) atoms. The highest BCUT2D eigenvalue weighted by Gasteiger charge is 2.46. The van der Waals surface area contributed by atoms with Gasteiger partial charge in [-0.1, -0.05) is 0 Å². The third-order valence-corrected chi connectivity index (χ3v) is 8.07. The van der Waals surface area contributed by atoms with Crippen LogP contribution in [0.1, 0.15) is 23.6 Å². The van der Waals surface area contributed by atoms with E-state index in [1.807, 2.05) is 6.07 Å². The molecule has 2 atom stereocenters. The summed E-state index contributed by atoms with van der Waals surface area (Å²) in [4.78, 5) is 11.2. The Bertz CT molecular complexity index is 1210. The number of thiazole rings is 1. The Hall–Kier alpha value is -2.13. The molecule has 2 N–H and O–H groups in total. The molecule has 1 aromatic carbocycles. The summed E-state index contributed by atoms with van der Waals surface area (Å²) in [5, 5.41) is 8.00. The SMILES string of the molecule is Fc1cc2scnc2cc1Nc1ccnc2sc([C@@H]3CCN[C@@]34CCOC4)cc12. The first-order valence-electron chi connectivity index (χ1n) is 9.73. The predicted molar refractivity (Wildman–Crippen MR) is 116 cm³/mol. The van der Waals surface area contributed by atoms with Crippen molar-refractivity contribution in [3.63, 3.8) is 0 Å². The van der Waals surface area contributed by atoms with Gasteiger partial charge in [0.05, 0.1) is 39.2 Å². The van der Waals surface area contributed by atoms with Crippen LogP contribution in [0.5, 0.6) is 0 Å². The van der Waals surface area contributed by atoms with Crippen LogP contribution in [0.4, 0.5) is 15.8 Å². The number of fused-ring (bicyclic) bond motifs is 2. The molecule has 0 bridgehead atoms. The summed E-state index contributed by atoms with van der Waals surface area (Å²) in [6.45, 7) is 2.60. The van der Waals surface area contributed by atoms with E-state index < -0.39 is 0 Å². The molecule has 0 unspecified atom stereocenters. The van der Waals surface area contributed by atoms with Crippen molar-refractivity contribution >= 4 is 54.5 Å². The predicted octanol–water partition coefficient (Wildman–Crippen LogP) is 5.02. The number of hydrogen-bond donors (Lipinski definition) is 2. The molecule has 8 heteroatoms. The van der Waals surface area contributed by atoms with E-state index in [0.717, 1.165) is 58.7 Å². The summed E-state index contributed by atoms with van der Waals surface area (Å²) < 4.78 is 21.2. The maximum Gasteiger partial charge on any atom is 0.148 e. The molecule has 3 aromatic heterocycles. The average Bonchev–Trinajstić information content (AvgIpc) is 3.50. The summed E-state index contributed by atoms with van der Waals surface area (Å²) in [6.07, 6.45) is 3.93. The normalized spacial score (nSPS) is 24.2. The van der Waals surface area contributed by atoms with Gasteiger partial charge in [-0.2, -0.15) is 0 Å². The van der Waals surface area contributed by atoms with Gasteiger partial charge in [0.2, 0.25) is 0 Å². The van der Waals surface area contributed by atoms with Crippen LogP contribution in [0.25, 0.3) is 20.4 Å². The molecule has 2 aliphatic rings. The van der Waals surface area contributed by atoms with Crippen molar-refractivity contribution in [3.05, 3.63) is 46.7 Å². The highest BCUT2D eigenvalue weighted by Crippen LogP contribution is 2.45. The van der Waals surface area contributed by atoms with Crippen LogP contribution >= 0.6 is 22.7 Å². The number of ether oxygens (including phenoxy) is 1. The largest absolute Gasteiger partial charge is 0.379 e. The van der Waals surface area contributed by atoms with Gasteiger partial charge in [-0.05, 0) is 43.7 Å². The number of nitrogens with zero attached hydrogens (tertiary/aromatic N) is 2. The highest BCUT2D eigenvalue weighted by molar-refractivity contribution is 7.18. The van der Waals surface area contributed by atoms with Gasteiger partial charge in [-0.3, -0.25) is 0 Å². The average molecular weight is 427 g/mol. The molecule has 1 spiro atoms. The number of benzene rings is 1. The monoisotopic (exact) mass is 426 g/mol. The molecule has 4 aromatic rings. The van der Waals surface area contributed by atoms with Gasteiger partial charge in [0.15, 0.2) is 0 Å². The summed E-state index contributed by atoms with van der Waals surface area (Å²) in [5.41, 5.74) is 3.90. The molecule has 2 fully saturated rings. The number of halogens is 1. The van der Waals surface area contributed by atoms with Gasteiger partial charge in [0, 0.05) is 29.0 Å². The maximum atomic E-state index is 14.6. The minimum absolute atomic E-state index is 0.0518. The zero-order chi connectivity index (χ0) is 19.4. The van der Waals surface area contributed by atoms with Crippen molar-refractivity contribution in [2.24, 2.45) is 0 Å². The van der Waals surface area contributed by atoms with Crippen molar-refractivity contribution in [1.29, 1.82) is 0 Å². The molecule has 6 rings (SSSR count). The minimum atomic E-state index is -0.274. The Morgan fingerprint density at radius 1 is 1.24 bits per heavy atom. The molecule has 0 radical (unpaired) electrons. The molecule has 148 valence electrons. The number of thiophene rings is 1. The molecular formula is C21H19FN4OS2. The summed E-state index contributed by atoms with van der Waals surface area (Å²) in [7, 11) is 0. The number of aromatic nitrogens is 2. The van der Waals surface area contributed by atoms with E-state index in [9.17, 15) is 4.39 Å². The van der Waals surface area contributed by atoms with Crippen molar-refractivity contribution < 1.29 is 9.13 Å². The molecule has 2 saturated heterocycles. The Morgan fingerprint density at radius 2 is 2.21 bits per heavy atom. The lowest BCUT2D eigenvalue weighted by molar-refractivity contribution is 0.168. The summed E-state index contributed by atoms with van der Waals surface area (Å²) >= 11 is 3.18. The van der Waals surface area contributed by atoms with Gasteiger partial charge < -0.3 is 15.4 Å². The Labute approximate surface area is 174 Å². The van der Waals surface area contributed by atoms with Crippen LogP contribution in [0, 0.1) is 5.82 Å². The zero-order valence-corrected chi connectivity index (χ0v) is 17.2. The number of nitrogens with one attached hydrogen (secondary N) is 2. The number of rotatable bonds is 3. The first-order valence-corrected chi connectivity index (χ1v) is 11.4. The lowest BCUT2D eigenvalue weighted by atomic mass is 9.83. The van der Waals surface area contributed by atoms with Gasteiger partial charge in [0.1, 0.15) is 10.6 Å². The Balaban J connectivity index is 1.39. The van der Waals surface area contributed by atoms with E-state index in [-0.39, 0.29) is 11.4 Å². The van der Waals surface area contributed by atoms with Crippen LogP contribution in [-0.4, -0.2) is 35.3 Å². The molecular weight excluding hydrogens is 407 g/mol. The molecule has 5 heterocycles. The number of pyridine rings is 1. The van der Waals surface area contributed by atoms with Gasteiger partial charge in [-0.25, -0.2) is 14.4 Å². The third-order valence-electron chi connectivity index (χ3n) is 6.12. The van der Waals surface area contributed by atoms with Crippen LogP contribution in [-0.2, 0) is 4.74 Å². The fourth-order valence-electron chi connectivity index (χ4n) is 4.63. The lowest BCUT2D eigenvalue weighted by Gasteiger charge is -2.28. The summed E-state index contributed by atoms with van der Waals surface area (Å²) in [6, 6.07) is 7.45. The van der Waals surface area contributed by atoms with E-state index in [1.165, 1.54) is 16.2 Å². The van der Waals surface area contributed by atoms with Gasteiger partial charge >= 0.3 is 0 Å². The van der Waals surface area contributed by atoms with Crippen LogP contribution in [0.2, 0.25) is 0 Å². The van der Waals surface area contributed by atoms with E-state index in [2.05, 4.69) is 26.7 Å².